The summed E-state index contributed by atoms with van der Waals surface area (Å²) in [6, 6.07) is 14.2. The molecule has 0 saturated carbocycles. The molecule has 1 aromatic heterocycles. The molecule has 1 fully saturated rings. The van der Waals surface area contributed by atoms with Crippen molar-refractivity contribution >= 4 is 5.84 Å². The summed E-state index contributed by atoms with van der Waals surface area (Å²) < 4.78 is 0. The Balaban J connectivity index is 1.64. The van der Waals surface area contributed by atoms with Crippen LogP contribution in [-0.4, -0.2) is 46.8 Å². The van der Waals surface area contributed by atoms with Crippen molar-refractivity contribution in [3.8, 4) is 6.07 Å². The average molecular weight is 347 g/mol. The number of amidine groups is 1. The number of aryl methyl sites for hydroxylation is 2. The van der Waals surface area contributed by atoms with Gasteiger partial charge in [-0.3, -0.25) is 15.3 Å². The maximum absolute atomic E-state index is 9.26. The van der Waals surface area contributed by atoms with Gasteiger partial charge in [0.25, 0.3) is 0 Å². The number of aromatic nitrogens is 1. The van der Waals surface area contributed by atoms with Crippen LogP contribution in [0.3, 0.4) is 0 Å². The Hall–Kier alpha value is -2.71. The van der Waals surface area contributed by atoms with Crippen LogP contribution in [0, 0.1) is 16.7 Å². The summed E-state index contributed by atoms with van der Waals surface area (Å²) in [4.78, 5) is 9.16. The van der Waals surface area contributed by atoms with E-state index in [1.54, 1.807) is 0 Å². The second-order valence-electron chi connectivity index (χ2n) is 6.73. The normalized spacial score (nSPS) is 14.8. The van der Waals surface area contributed by atoms with Crippen LogP contribution in [0.25, 0.3) is 0 Å². The van der Waals surface area contributed by atoms with Gasteiger partial charge in [0.2, 0.25) is 0 Å². The summed E-state index contributed by atoms with van der Waals surface area (Å²) in [5, 5.41) is 17.0. The predicted octanol–water partition coefficient (Wildman–Crippen LogP) is 2.85. The van der Waals surface area contributed by atoms with Crippen LogP contribution in [0.5, 0.6) is 0 Å². The number of piperazine rings is 1. The number of pyridine rings is 1. The number of nitriles is 1. The topological polar surface area (TPSA) is 67.0 Å². The van der Waals surface area contributed by atoms with Gasteiger partial charge in [-0.1, -0.05) is 24.3 Å². The second-order valence-corrected chi connectivity index (χ2v) is 6.73. The highest BCUT2D eigenvalue weighted by Crippen LogP contribution is 2.16. The monoisotopic (exact) mass is 347 g/mol. The molecule has 1 aliphatic rings. The van der Waals surface area contributed by atoms with Crippen molar-refractivity contribution < 1.29 is 0 Å². The highest BCUT2D eigenvalue weighted by Gasteiger charge is 2.18. The molecular weight excluding hydrogens is 322 g/mol. The zero-order valence-electron chi connectivity index (χ0n) is 15.3. The molecule has 1 saturated heterocycles. The molecule has 5 heteroatoms. The lowest BCUT2D eigenvalue weighted by Gasteiger charge is -2.35. The molecule has 1 N–H and O–H groups in total. The Morgan fingerprint density at radius 2 is 1.81 bits per heavy atom. The van der Waals surface area contributed by atoms with Crippen molar-refractivity contribution in [3.63, 3.8) is 0 Å². The molecule has 0 unspecified atom stereocenters. The predicted molar refractivity (Wildman–Crippen MR) is 103 cm³/mol. The summed E-state index contributed by atoms with van der Waals surface area (Å²) in [5.74, 6) is 0.655. The number of nitrogens with one attached hydrogen (secondary N) is 1. The Labute approximate surface area is 155 Å². The maximum Gasteiger partial charge on any atom is 0.0994 e. The van der Waals surface area contributed by atoms with Crippen molar-refractivity contribution in [2.24, 2.45) is 0 Å². The largest absolute Gasteiger partial charge is 0.358 e. The van der Waals surface area contributed by atoms with Crippen LogP contribution in [0.1, 0.15) is 29.3 Å². The van der Waals surface area contributed by atoms with Gasteiger partial charge in [-0.15, -0.1) is 0 Å². The lowest BCUT2D eigenvalue weighted by atomic mass is 10.0. The molecule has 3 rings (SSSR count). The van der Waals surface area contributed by atoms with Crippen molar-refractivity contribution in [1.29, 1.82) is 10.7 Å². The number of nitrogens with zero attached hydrogens (tertiary/aromatic N) is 4. The summed E-state index contributed by atoms with van der Waals surface area (Å²) in [7, 11) is 0. The Morgan fingerprint density at radius 3 is 2.54 bits per heavy atom. The SMILES string of the molecule is CC(=N)N1CCN(Cc2cccnc2CCc2ccccc2C#N)CC1. The van der Waals surface area contributed by atoms with E-state index in [0.717, 1.165) is 62.4 Å². The summed E-state index contributed by atoms with van der Waals surface area (Å²) in [5.41, 5.74) is 4.22. The van der Waals surface area contributed by atoms with Gasteiger partial charge in [0.1, 0.15) is 0 Å². The van der Waals surface area contributed by atoms with Gasteiger partial charge in [0.05, 0.1) is 17.5 Å². The van der Waals surface area contributed by atoms with Gasteiger partial charge < -0.3 is 4.90 Å². The quantitative estimate of drug-likeness (QED) is 0.667. The average Bonchev–Trinajstić information content (AvgIpc) is 2.68. The van der Waals surface area contributed by atoms with E-state index < -0.39 is 0 Å². The van der Waals surface area contributed by atoms with E-state index >= 15 is 0 Å². The molecule has 5 nitrogen and oxygen atoms in total. The third-order valence-corrected chi connectivity index (χ3v) is 4.99. The van der Waals surface area contributed by atoms with E-state index in [-0.39, 0.29) is 0 Å². The van der Waals surface area contributed by atoms with Gasteiger partial charge in [0.15, 0.2) is 0 Å². The third kappa shape index (κ3) is 4.47. The molecule has 1 aromatic carbocycles. The lowest BCUT2D eigenvalue weighted by Crippen LogP contribution is -2.47. The highest BCUT2D eigenvalue weighted by atomic mass is 15.3. The first-order valence-electron chi connectivity index (χ1n) is 9.10. The molecule has 2 heterocycles. The Kier molecular flexibility index (Phi) is 5.98. The standard InChI is InChI=1S/C21H25N5/c1-17(23)26-13-11-25(12-14-26)16-20-7-4-10-24-21(20)9-8-18-5-2-3-6-19(18)15-22/h2-7,10,23H,8-9,11-14,16H2,1H3. The summed E-state index contributed by atoms with van der Waals surface area (Å²) in [6.45, 7) is 6.53. The summed E-state index contributed by atoms with van der Waals surface area (Å²) in [6.07, 6.45) is 3.52. The smallest absolute Gasteiger partial charge is 0.0994 e. The van der Waals surface area contributed by atoms with Crippen LogP contribution in [0.15, 0.2) is 42.6 Å². The first-order valence-corrected chi connectivity index (χ1v) is 9.10. The van der Waals surface area contributed by atoms with E-state index in [1.807, 2.05) is 43.5 Å². The number of rotatable bonds is 5. The first-order chi connectivity index (χ1) is 12.7. The minimum atomic E-state index is 0.655. The van der Waals surface area contributed by atoms with Crippen LogP contribution >= 0.6 is 0 Å². The molecule has 0 atom stereocenters. The summed E-state index contributed by atoms with van der Waals surface area (Å²) >= 11 is 0. The van der Waals surface area contributed by atoms with Gasteiger partial charge >= 0.3 is 0 Å². The van der Waals surface area contributed by atoms with Crippen LogP contribution in [-0.2, 0) is 19.4 Å². The van der Waals surface area contributed by atoms with Crippen LogP contribution in [0.4, 0.5) is 0 Å². The van der Waals surface area contributed by atoms with Crippen molar-refractivity contribution in [1.82, 2.24) is 14.8 Å². The molecule has 26 heavy (non-hydrogen) atoms. The fraction of sp³-hybridized carbons (Fsp3) is 0.381. The Bertz CT molecular complexity index is 800. The second kappa shape index (κ2) is 8.59. The molecule has 1 aliphatic heterocycles. The number of benzene rings is 1. The van der Waals surface area contributed by atoms with E-state index in [2.05, 4.69) is 26.9 Å². The third-order valence-electron chi connectivity index (χ3n) is 4.99. The van der Waals surface area contributed by atoms with Gasteiger partial charge in [-0.25, -0.2) is 0 Å². The molecule has 0 radical (unpaired) electrons. The minimum Gasteiger partial charge on any atom is -0.358 e. The molecule has 134 valence electrons. The van der Waals surface area contributed by atoms with Crippen molar-refractivity contribution in [3.05, 3.63) is 65.0 Å². The lowest BCUT2D eigenvalue weighted by molar-refractivity contribution is 0.174. The van der Waals surface area contributed by atoms with E-state index in [4.69, 9.17) is 5.41 Å². The zero-order valence-corrected chi connectivity index (χ0v) is 15.3. The molecule has 0 amide bonds. The van der Waals surface area contributed by atoms with Crippen molar-refractivity contribution in [2.75, 3.05) is 26.2 Å². The number of hydrogen-bond acceptors (Lipinski definition) is 4. The van der Waals surface area contributed by atoms with E-state index in [9.17, 15) is 5.26 Å². The first kappa shape index (κ1) is 18.1. The van der Waals surface area contributed by atoms with Crippen LogP contribution < -0.4 is 0 Å². The van der Waals surface area contributed by atoms with Crippen LogP contribution in [0.2, 0.25) is 0 Å². The Morgan fingerprint density at radius 1 is 1.08 bits per heavy atom. The van der Waals surface area contributed by atoms with E-state index in [1.165, 1.54) is 5.56 Å². The van der Waals surface area contributed by atoms with E-state index in [0.29, 0.717) is 5.84 Å². The van der Waals surface area contributed by atoms with Gasteiger partial charge in [-0.2, -0.15) is 5.26 Å². The fourth-order valence-electron chi connectivity index (χ4n) is 3.42. The molecule has 0 spiro atoms. The molecular formula is C21H25N5. The highest BCUT2D eigenvalue weighted by molar-refractivity contribution is 5.76. The van der Waals surface area contributed by atoms with Crippen molar-refractivity contribution in [2.45, 2.75) is 26.3 Å². The minimum absolute atomic E-state index is 0.655. The maximum atomic E-state index is 9.26. The molecule has 2 aromatic rings. The zero-order chi connectivity index (χ0) is 18.4. The molecule has 0 aliphatic carbocycles. The number of hydrogen-bond donors (Lipinski definition) is 1. The van der Waals surface area contributed by atoms with Gasteiger partial charge in [0, 0.05) is 44.6 Å². The van der Waals surface area contributed by atoms with Gasteiger partial charge in [-0.05, 0) is 43.0 Å². The molecule has 0 bridgehead atoms. The fourth-order valence-corrected chi connectivity index (χ4v) is 3.42.